The fourth-order valence-corrected chi connectivity index (χ4v) is 3.48. The van der Waals surface area contributed by atoms with Gasteiger partial charge in [-0.05, 0) is 29.7 Å². The van der Waals surface area contributed by atoms with Gasteiger partial charge in [-0.15, -0.1) is 0 Å². The average molecular weight is 392 g/mol. The smallest absolute Gasteiger partial charge is 0.220 e. The Labute approximate surface area is 163 Å². The summed E-state index contributed by atoms with van der Waals surface area (Å²) in [5.74, 6) is -0.469. The predicted molar refractivity (Wildman–Crippen MR) is 102 cm³/mol. The molecule has 5 nitrogen and oxygen atoms in total. The van der Waals surface area contributed by atoms with Gasteiger partial charge in [0.1, 0.15) is 5.82 Å². The summed E-state index contributed by atoms with van der Waals surface area (Å²) < 4.78 is 18.6. The van der Waals surface area contributed by atoms with E-state index in [2.05, 4.69) is 15.2 Å². The van der Waals surface area contributed by atoms with E-state index >= 15 is 0 Å². The molecule has 1 atom stereocenters. The van der Waals surface area contributed by atoms with Crippen molar-refractivity contribution in [3.8, 4) is 0 Å². The number of nitrogens with one attached hydrogen (secondary N) is 1. The Balaban J connectivity index is 1.60. The molecule has 1 fully saturated rings. The molecule has 0 aliphatic carbocycles. The number of hydrogen-bond donors (Lipinski definition) is 1. The van der Waals surface area contributed by atoms with Crippen LogP contribution in [0.3, 0.4) is 0 Å². The number of benzene rings is 1. The number of nitrogens with zero attached hydrogens (tertiary/aromatic N) is 2. The van der Waals surface area contributed by atoms with Crippen LogP contribution in [0.25, 0.3) is 0 Å². The lowest BCUT2D eigenvalue weighted by Crippen LogP contribution is -2.44. The van der Waals surface area contributed by atoms with E-state index in [-0.39, 0.29) is 24.2 Å². The van der Waals surface area contributed by atoms with Gasteiger partial charge in [0.25, 0.3) is 0 Å². The normalized spacial score (nSPS) is 16.1. The number of rotatable bonds is 7. The maximum atomic E-state index is 13.2. The van der Waals surface area contributed by atoms with Crippen molar-refractivity contribution in [2.45, 2.75) is 18.9 Å². The van der Waals surface area contributed by atoms with Crippen LogP contribution in [0.2, 0.25) is 5.02 Å². The zero-order valence-corrected chi connectivity index (χ0v) is 15.8. The Morgan fingerprint density at radius 3 is 2.81 bits per heavy atom. The van der Waals surface area contributed by atoms with E-state index in [4.69, 9.17) is 16.3 Å². The standard InChI is InChI=1S/C20H23ClFN3O2/c21-18-4-2-1-3-17(18)19(25-7-9-27-10-8-25)14-24-20(26)6-5-15-11-16(22)13-23-12-15/h1-4,11-13,19H,5-10,14H2,(H,24,26). The Kier molecular flexibility index (Phi) is 7.15. The molecule has 1 aliphatic rings. The van der Waals surface area contributed by atoms with Gasteiger partial charge in [-0.1, -0.05) is 29.8 Å². The topological polar surface area (TPSA) is 54.5 Å². The third kappa shape index (κ3) is 5.73. The molecule has 1 aromatic heterocycles. The summed E-state index contributed by atoms with van der Waals surface area (Å²) in [5.41, 5.74) is 1.71. The first-order valence-corrected chi connectivity index (χ1v) is 9.43. The van der Waals surface area contributed by atoms with E-state index in [1.54, 1.807) is 6.20 Å². The molecule has 1 unspecified atom stereocenters. The summed E-state index contributed by atoms with van der Waals surface area (Å²) in [6.07, 6.45) is 3.46. The number of carbonyl (C=O) groups is 1. The van der Waals surface area contributed by atoms with Crippen molar-refractivity contribution in [1.29, 1.82) is 0 Å². The molecule has 0 spiro atoms. The Hall–Kier alpha value is -2.02. The lowest BCUT2D eigenvalue weighted by atomic mass is 10.0. The zero-order chi connectivity index (χ0) is 19.1. The van der Waals surface area contributed by atoms with E-state index in [1.165, 1.54) is 6.07 Å². The summed E-state index contributed by atoms with van der Waals surface area (Å²) >= 11 is 6.40. The maximum Gasteiger partial charge on any atom is 0.220 e. The van der Waals surface area contributed by atoms with Gasteiger partial charge < -0.3 is 10.1 Å². The highest BCUT2D eigenvalue weighted by Gasteiger charge is 2.24. The van der Waals surface area contributed by atoms with Crippen LogP contribution in [-0.4, -0.2) is 48.6 Å². The molecule has 0 saturated carbocycles. The Morgan fingerprint density at radius 2 is 2.07 bits per heavy atom. The molecular formula is C20H23ClFN3O2. The number of halogens is 2. The molecule has 144 valence electrons. The number of pyridine rings is 1. The molecule has 2 aromatic rings. The highest BCUT2D eigenvalue weighted by atomic mass is 35.5. The van der Waals surface area contributed by atoms with Gasteiger partial charge in [0.15, 0.2) is 0 Å². The Bertz CT molecular complexity index is 768. The predicted octanol–water partition coefficient (Wildman–Crippen LogP) is 3.00. The first kappa shape index (κ1) is 19.7. The first-order valence-electron chi connectivity index (χ1n) is 9.06. The number of ether oxygens (including phenoxy) is 1. The number of morpholine rings is 1. The van der Waals surface area contributed by atoms with E-state index in [1.807, 2.05) is 24.3 Å². The van der Waals surface area contributed by atoms with Gasteiger partial charge in [0.05, 0.1) is 25.5 Å². The van der Waals surface area contributed by atoms with Crippen LogP contribution >= 0.6 is 11.6 Å². The summed E-state index contributed by atoms with van der Waals surface area (Å²) in [5, 5.41) is 3.69. The maximum absolute atomic E-state index is 13.2. The van der Waals surface area contributed by atoms with Crippen LogP contribution in [0.5, 0.6) is 0 Å². The minimum Gasteiger partial charge on any atom is -0.379 e. The van der Waals surface area contributed by atoms with Crippen LogP contribution in [0, 0.1) is 5.82 Å². The number of carbonyl (C=O) groups excluding carboxylic acids is 1. The van der Waals surface area contributed by atoms with E-state index in [0.717, 1.165) is 24.8 Å². The first-order chi connectivity index (χ1) is 13.1. The Morgan fingerprint density at radius 1 is 1.30 bits per heavy atom. The van der Waals surface area contributed by atoms with Gasteiger partial charge in [0, 0.05) is 37.3 Å². The van der Waals surface area contributed by atoms with Crippen LogP contribution in [0.4, 0.5) is 4.39 Å². The van der Waals surface area contributed by atoms with Crippen molar-refractivity contribution < 1.29 is 13.9 Å². The molecule has 3 rings (SSSR count). The fraction of sp³-hybridized carbons (Fsp3) is 0.400. The molecule has 0 bridgehead atoms. The summed E-state index contributed by atoms with van der Waals surface area (Å²) in [7, 11) is 0. The molecule has 7 heteroatoms. The lowest BCUT2D eigenvalue weighted by molar-refractivity contribution is -0.121. The zero-order valence-electron chi connectivity index (χ0n) is 15.0. The summed E-state index contributed by atoms with van der Waals surface area (Å²) in [6.45, 7) is 3.38. The number of amides is 1. The highest BCUT2D eigenvalue weighted by Crippen LogP contribution is 2.27. The number of aromatic nitrogens is 1. The van der Waals surface area contributed by atoms with E-state index in [9.17, 15) is 9.18 Å². The molecule has 1 saturated heterocycles. The van der Waals surface area contributed by atoms with Crippen LogP contribution < -0.4 is 5.32 Å². The van der Waals surface area contributed by atoms with Crippen LogP contribution in [0.15, 0.2) is 42.7 Å². The molecule has 1 aliphatic heterocycles. The second-order valence-electron chi connectivity index (χ2n) is 6.50. The summed E-state index contributed by atoms with van der Waals surface area (Å²) in [4.78, 5) is 18.4. The molecule has 0 radical (unpaired) electrons. The third-order valence-corrected chi connectivity index (χ3v) is 4.99. The average Bonchev–Trinajstić information content (AvgIpc) is 2.69. The molecule has 2 heterocycles. The second-order valence-corrected chi connectivity index (χ2v) is 6.91. The minimum atomic E-state index is -0.390. The van der Waals surface area contributed by atoms with E-state index in [0.29, 0.717) is 36.8 Å². The summed E-state index contributed by atoms with van der Waals surface area (Å²) in [6, 6.07) is 9.10. The monoisotopic (exact) mass is 391 g/mol. The fourth-order valence-electron chi connectivity index (χ4n) is 3.22. The molecule has 1 N–H and O–H groups in total. The van der Waals surface area contributed by atoms with Gasteiger partial charge in [0.2, 0.25) is 5.91 Å². The van der Waals surface area contributed by atoms with Crippen molar-refractivity contribution in [3.05, 3.63) is 64.7 Å². The van der Waals surface area contributed by atoms with Crippen molar-refractivity contribution in [3.63, 3.8) is 0 Å². The SMILES string of the molecule is O=C(CCc1cncc(F)c1)NCC(c1ccccc1Cl)N1CCOCC1. The molecule has 27 heavy (non-hydrogen) atoms. The highest BCUT2D eigenvalue weighted by molar-refractivity contribution is 6.31. The van der Waals surface area contributed by atoms with Gasteiger partial charge >= 0.3 is 0 Å². The largest absolute Gasteiger partial charge is 0.379 e. The van der Waals surface area contributed by atoms with Crippen LogP contribution in [-0.2, 0) is 16.0 Å². The van der Waals surface area contributed by atoms with Gasteiger partial charge in [-0.3, -0.25) is 14.7 Å². The lowest BCUT2D eigenvalue weighted by Gasteiger charge is -2.35. The molecule has 1 aromatic carbocycles. The number of aryl methyl sites for hydroxylation is 1. The molecular weight excluding hydrogens is 369 g/mol. The minimum absolute atomic E-state index is 0.0117. The van der Waals surface area contributed by atoms with Crippen molar-refractivity contribution in [2.75, 3.05) is 32.8 Å². The van der Waals surface area contributed by atoms with E-state index < -0.39 is 0 Å². The third-order valence-electron chi connectivity index (χ3n) is 4.65. The number of hydrogen-bond acceptors (Lipinski definition) is 4. The molecule has 1 amide bonds. The van der Waals surface area contributed by atoms with Gasteiger partial charge in [-0.2, -0.15) is 0 Å². The second kappa shape index (κ2) is 9.78. The van der Waals surface area contributed by atoms with Crippen LogP contribution in [0.1, 0.15) is 23.6 Å². The van der Waals surface area contributed by atoms with Crippen molar-refractivity contribution in [1.82, 2.24) is 15.2 Å². The quantitative estimate of drug-likeness (QED) is 0.788. The van der Waals surface area contributed by atoms with Crippen molar-refractivity contribution >= 4 is 17.5 Å². The van der Waals surface area contributed by atoms with Crippen molar-refractivity contribution in [2.24, 2.45) is 0 Å². The van der Waals surface area contributed by atoms with Gasteiger partial charge in [-0.25, -0.2) is 4.39 Å².